The third-order valence-electron chi connectivity index (χ3n) is 2.40. The number of hydrogen-bond acceptors (Lipinski definition) is 2. The Morgan fingerprint density at radius 1 is 1.35 bits per heavy atom. The van der Waals surface area contributed by atoms with Crippen molar-refractivity contribution in [2.75, 3.05) is 6.67 Å². The van der Waals surface area contributed by atoms with Crippen LogP contribution in [0.4, 0.5) is 4.39 Å². The number of hydrogen-bond donors (Lipinski definition) is 2. The van der Waals surface area contributed by atoms with Gasteiger partial charge in [-0.25, -0.2) is 4.79 Å². The predicted octanol–water partition coefficient (Wildman–Crippen LogP) is 1.48. The van der Waals surface area contributed by atoms with E-state index in [2.05, 4.69) is 5.32 Å². The molecule has 2 N–H and O–H groups in total. The number of halogens is 1. The molecular weight excluding hydrogens is 225 g/mol. The second-order valence-electron chi connectivity index (χ2n) is 3.79. The molecule has 0 saturated heterocycles. The number of carboxylic acid groups (broad SMARTS) is 1. The van der Waals surface area contributed by atoms with Crippen molar-refractivity contribution >= 4 is 11.9 Å². The van der Waals surface area contributed by atoms with Crippen LogP contribution >= 0.6 is 0 Å². The fourth-order valence-corrected chi connectivity index (χ4v) is 1.35. The van der Waals surface area contributed by atoms with E-state index in [1.807, 2.05) is 0 Å². The lowest BCUT2D eigenvalue weighted by atomic mass is 10.0. The Kier molecular flexibility index (Phi) is 4.63. The van der Waals surface area contributed by atoms with Crippen LogP contribution in [0.3, 0.4) is 0 Å². The molecule has 2 atom stereocenters. The van der Waals surface area contributed by atoms with Crippen molar-refractivity contribution < 1.29 is 19.1 Å². The summed E-state index contributed by atoms with van der Waals surface area (Å²) in [6.07, 6.45) is 0. The molecule has 0 saturated carbocycles. The number of aliphatic carboxylic acids is 1. The standard InChI is InChI=1S/C12H14FNO3/c1-8(7-13)10(12(16)17)14-11(15)9-5-3-2-4-6-9/h2-6,8,10H,7H2,1H3,(H,14,15)(H,16,17)/t8?,10-/m1/s1. The summed E-state index contributed by atoms with van der Waals surface area (Å²) >= 11 is 0. The Balaban J connectivity index is 2.75. The van der Waals surface area contributed by atoms with Gasteiger partial charge in [-0.1, -0.05) is 25.1 Å². The maximum atomic E-state index is 12.4. The maximum absolute atomic E-state index is 12.4. The minimum absolute atomic E-state index is 0.352. The summed E-state index contributed by atoms with van der Waals surface area (Å²) in [6.45, 7) is 0.635. The lowest BCUT2D eigenvalue weighted by Gasteiger charge is -2.18. The van der Waals surface area contributed by atoms with Crippen molar-refractivity contribution in [2.24, 2.45) is 5.92 Å². The average molecular weight is 239 g/mol. The monoisotopic (exact) mass is 239 g/mol. The van der Waals surface area contributed by atoms with E-state index in [9.17, 15) is 14.0 Å². The zero-order chi connectivity index (χ0) is 12.8. The minimum Gasteiger partial charge on any atom is -0.480 e. The van der Waals surface area contributed by atoms with Gasteiger partial charge in [0, 0.05) is 11.5 Å². The first kappa shape index (κ1) is 13.2. The van der Waals surface area contributed by atoms with Crippen LogP contribution in [0, 0.1) is 5.92 Å². The maximum Gasteiger partial charge on any atom is 0.326 e. The second-order valence-corrected chi connectivity index (χ2v) is 3.79. The summed E-state index contributed by atoms with van der Waals surface area (Å²) in [7, 11) is 0. The van der Waals surface area contributed by atoms with E-state index in [0.29, 0.717) is 5.56 Å². The SMILES string of the molecule is CC(CF)[C@@H](NC(=O)c1ccccc1)C(=O)O. The Morgan fingerprint density at radius 2 is 1.94 bits per heavy atom. The van der Waals surface area contributed by atoms with Crippen LogP contribution in [0.5, 0.6) is 0 Å². The third kappa shape index (κ3) is 3.55. The molecule has 1 rings (SSSR count). The van der Waals surface area contributed by atoms with Crippen molar-refractivity contribution in [1.29, 1.82) is 0 Å². The van der Waals surface area contributed by atoms with E-state index >= 15 is 0 Å². The predicted molar refractivity (Wildman–Crippen MR) is 60.5 cm³/mol. The molecule has 0 radical (unpaired) electrons. The molecule has 0 heterocycles. The van der Waals surface area contributed by atoms with Crippen LogP contribution in [-0.2, 0) is 4.79 Å². The van der Waals surface area contributed by atoms with Crippen LogP contribution in [0.15, 0.2) is 30.3 Å². The van der Waals surface area contributed by atoms with Crippen LogP contribution in [0.1, 0.15) is 17.3 Å². The highest BCUT2D eigenvalue weighted by Crippen LogP contribution is 2.06. The summed E-state index contributed by atoms with van der Waals surface area (Å²) in [5.41, 5.74) is 0.352. The van der Waals surface area contributed by atoms with E-state index in [0.717, 1.165) is 0 Å². The van der Waals surface area contributed by atoms with Gasteiger partial charge in [-0.2, -0.15) is 0 Å². The molecule has 0 aliphatic rings. The lowest BCUT2D eigenvalue weighted by molar-refractivity contribution is -0.140. The summed E-state index contributed by atoms with van der Waals surface area (Å²) in [6, 6.07) is 7.00. The first-order valence-corrected chi connectivity index (χ1v) is 5.21. The first-order chi connectivity index (χ1) is 8.06. The Hall–Kier alpha value is -1.91. The molecule has 0 aliphatic heterocycles. The highest BCUT2D eigenvalue weighted by molar-refractivity contribution is 5.96. The van der Waals surface area contributed by atoms with Gasteiger partial charge in [0.1, 0.15) is 6.04 Å². The molecule has 17 heavy (non-hydrogen) atoms. The highest BCUT2D eigenvalue weighted by atomic mass is 19.1. The molecular formula is C12H14FNO3. The second kappa shape index (κ2) is 5.98. The van der Waals surface area contributed by atoms with Crippen LogP contribution < -0.4 is 5.32 Å². The van der Waals surface area contributed by atoms with E-state index < -0.39 is 30.5 Å². The minimum atomic E-state index is -1.24. The van der Waals surface area contributed by atoms with Gasteiger partial charge in [0.15, 0.2) is 0 Å². The lowest BCUT2D eigenvalue weighted by Crippen LogP contribution is -2.45. The zero-order valence-electron chi connectivity index (χ0n) is 9.39. The van der Waals surface area contributed by atoms with E-state index in [-0.39, 0.29) is 0 Å². The molecule has 1 amide bonds. The number of benzene rings is 1. The molecule has 0 aliphatic carbocycles. The highest BCUT2D eigenvalue weighted by Gasteiger charge is 2.26. The Labute approximate surface area is 98.5 Å². The van der Waals surface area contributed by atoms with Crippen LogP contribution in [-0.4, -0.2) is 29.7 Å². The molecule has 1 aromatic carbocycles. The molecule has 0 bridgehead atoms. The molecule has 1 aromatic rings. The summed E-state index contributed by atoms with van der Waals surface area (Å²) in [4.78, 5) is 22.6. The van der Waals surface area contributed by atoms with Gasteiger partial charge in [-0.3, -0.25) is 9.18 Å². The zero-order valence-corrected chi connectivity index (χ0v) is 9.39. The van der Waals surface area contributed by atoms with Crippen molar-refractivity contribution in [3.63, 3.8) is 0 Å². The smallest absolute Gasteiger partial charge is 0.326 e. The van der Waals surface area contributed by atoms with E-state index in [1.165, 1.54) is 6.92 Å². The summed E-state index contributed by atoms with van der Waals surface area (Å²) in [5, 5.41) is 11.2. The van der Waals surface area contributed by atoms with Gasteiger partial charge in [-0.15, -0.1) is 0 Å². The molecule has 92 valence electrons. The topological polar surface area (TPSA) is 66.4 Å². The number of nitrogens with one attached hydrogen (secondary N) is 1. The van der Waals surface area contributed by atoms with Crippen LogP contribution in [0.2, 0.25) is 0 Å². The number of carbonyl (C=O) groups is 2. The molecule has 0 spiro atoms. The van der Waals surface area contributed by atoms with E-state index in [4.69, 9.17) is 5.11 Å². The van der Waals surface area contributed by atoms with Gasteiger partial charge < -0.3 is 10.4 Å². The number of carboxylic acids is 1. The molecule has 4 nitrogen and oxygen atoms in total. The average Bonchev–Trinajstić information content (AvgIpc) is 2.35. The first-order valence-electron chi connectivity index (χ1n) is 5.21. The van der Waals surface area contributed by atoms with Crippen molar-refractivity contribution in [3.8, 4) is 0 Å². The quantitative estimate of drug-likeness (QED) is 0.817. The Bertz CT molecular complexity index is 394. The third-order valence-corrected chi connectivity index (χ3v) is 2.40. The normalized spacial score (nSPS) is 13.8. The fraction of sp³-hybridized carbons (Fsp3) is 0.333. The summed E-state index contributed by atoms with van der Waals surface area (Å²) in [5.74, 6) is -2.52. The summed E-state index contributed by atoms with van der Waals surface area (Å²) < 4.78 is 12.4. The van der Waals surface area contributed by atoms with Gasteiger partial charge in [0.25, 0.3) is 5.91 Å². The molecule has 1 unspecified atom stereocenters. The fourth-order valence-electron chi connectivity index (χ4n) is 1.35. The largest absolute Gasteiger partial charge is 0.480 e. The molecule has 5 heteroatoms. The molecule has 0 aromatic heterocycles. The van der Waals surface area contributed by atoms with Crippen molar-refractivity contribution in [2.45, 2.75) is 13.0 Å². The van der Waals surface area contributed by atoms with Gasteiger partial charge in [0.05, 0.1) is 6.67 Å². The van der Waals surface area contributed by atoms with Gasteiger partial charge in [0.2, 0.25) is 0 Å². The van der Waals surface area contributed by atoms with Crippen LogP contribution in [0.25, 0.3) is 0 Å². The van der Waals surface area contributed by atoms with Crippen molar-refractivity contribution in [3.05, 3.63) is 35.9 Å². The van der Waals surface area contributed by atoms with Gasteiger partial charge in [-0.05, 0) is 12.1 Å². The van der Waals surface area contributed by atoms with Crippen molar-refractivity contribution in [1.82, 2.24) is 5.32 Å². The number of rotatable bonds is 5. The van der Waals surface area contributed by atoms with Gasteiger partial charge >= 0.3 is 5.97 Å². The number of alkyl halides is 1. The van der Waals surface area contributed by atoms with E-state index in [1.54, 1.807) is 30.3 Å². The number of carbonyl (C=O) groups excluding carboxylic acids is 1. The Morgan fingerprint density at radius 3 is 2.41 bits per heavy atom. The molecule has 0 fully saturated rings. The number of amides is 1.